The van der Waals surface area contributed by atoms with E-state index in [0.29, 0.717) is 17.1 Å². The largest absolute Gasteiger partial charge is 0.465 e. The van der Waals surface area contributed by atoms with E-state index in [-0.39, 0.29) is 28.3 Å². The van der Waals surface area contributed by atoms with Gasteiger partial charge in [-0.15, -0.1) is 0 Å². The molecule has 11 heteroatoms. The number of ether oxygens (including phenoxy) is 1. The first-order valence-electron chi connectivity index (χ1n) is 10.6. The van der Waals surface area contributed by atoms with Crippen molar-refractivity contribution in [3.05, 3.63) is 98.0 Å². The molecule has 1 aliphatic heterocycles. The average molecular weight is 636 g/mol. The van der Waals surface area contributed by atoms with Crippen LogP contribution in [-0.2, 0) is 30.9 Å². The van der Waals surface area contributed by atoms with Crippen molar-refractivity contribution >= 4 is 65.5 Å². The molecule has 1 N–H and O–H groups in total. The van der Waals surface area contributed by atoms with Crippen LogP contribution in [0.2, 0.25) is 0 Å². The number of anilines is 1. The van der Waals surface area contributed by atoms with Crippen LogP contribution in [0.15, 0.2) is 95.8 Å². The Kier molecular flexibility index (Phi) is 7.65. The van der Waals surface area contributed by atoms with Crippen molar-refractivity contribution in [1.29, 1.82) is 0 Å². The second-order valence-electron chi connectivity index (χ2n) is 7.71. The number of carbonyl (C=O) groups is 2. The van der Waals surface area contributed by atoms with E-state index in [1.54, 1.807) is 49.4 Å². The van der Waals surface area contributed by atoms with E-state index in [2.05, 4.69) is 36.6 Å². The van der Waals surface area contributed by atoms with Gasteiger partial charge in [-0.05, 0) is 67.6 Å². The summed E-state index contributed by atoms with van der Waals surface area (Å²) in [6.45, 7) is 1.56. The lowest BCUT2D eigenvalue weighted by Gasteiger charge is -2.18. The van der Waals surface area contributed by atoms with Crippen molar-refractivity contribution in [2.75, 3.05) is 12.0 Å². The topological polar surface area (TPSA) is 106 Å². The highest BCUT2D eigenvalue weighted by atomic mass is 79.9. The molecule has 0 saturated heterocycles. The molecule has 3 aromatic rings. The summed E-state index contributed by atoms with van der Waals surface area (Å²) in [4.78, 5) is 27.5. The van der Waals surface area contributed by atoms with Crippen molar-refractivity contribution in [3.8, 4) is 0 Å². The molecule has 0 radical (unpaired) electrons. The fourth-order valence-corrected chi connectivity index (χ4v) is 5.32. The predicted molar refractivity (Wildman–Crippen MR) is 141 cm³/mol. The van der Waals surface area contributed by atoms with E-state index in [0.717, 1.165) is 8.95 Å². The van der Waals surface area contributed by atoms with Gasteiger partial charge in [0, 0.05) is 14.6 Å². The number of nitrogens with one attached hydrogen (secondary N) is 1. The van der Waals surface area contributed by atoms with Crippen LogP contribution < -0.4 is 9.62 Å². The van der Waals surface area contributed by atoms with Gasteiger partial charge in [0.15, 0.2) is 0 Å². The molecular weight excluding hydrogens is 616 g/mol. The van der Waals surface area contributed by atoms with Crippen LogP contribution in [0.5, 0.6) is 0 Å². The second-order valence-corrected chi connectivity index (χ2v) is 11.3. The van der Waals surface area contributed by atoms with Crippen LogP contribution in [0.4, 0.5) is 5.69 Å². The van der Waals surface area contributed by atoms with Gasteiger partial charge in [-0.2, -0.15) is 0 Å². The van der Waals surface area contributed by atoms with E-state index in [9.17, 15) is 18.0 Å². The summed E-state index contributed by atoms with van der Waals surface area (Å²) in [6, 6.07) is 16.6. The van der Waals surface area contributed by atoms with Gasteiger partial charge in [-0.1, -0.05) is 37.9 Å². The first-order chi connectivity index (χ1) is 17.1. The zero-order chi connectivity index (χ0) is 26.0. The monoisotopic (exact) mass is 634 g/mol. The lowest BCUT2D eigenvalue weighted by molar-refractivity contribution is -0.136. The molecule has 2 aromatic carbocycles. The molecule has 1 amide bonds. The molecule has 36 heavy (non-hydrogen) atoms. The Morgan fingerprint density at radius 1 is 1.08 bits per heavy atom. The van der Waals surface area contributed by atoms with E-state index < -0.39 is 21.9 Å². The quantitative estimate of drug-likeness (QED) is 0.284. The van der Waals surface area contributed by atoms with Gasteiger partial charge >= 0.3 is 5.97 Å². The first-order valence-corrected chi connectivity index (χ1v) is 13.6. The van der Waals surface area contributed by atoms with Crippen molar-refractivity contribution in [3.63, 3.8) is 0 Å². The number of hydrogen-bond acceptors (Lipinski definition) is 6. The summed E-state index contributed by atoms with van der Waals surface area (Å²) < 4.78 is 39.8. The first kappa shape index (κ1) is 26.1. The minimum absolute atomic E-state index is 0.0988. The number of benzene rings is 2. The Bertz CT molecular complexity index is 1510. The maximum Gasteiger partial charge on any atom is 0.340 e. The van der Waals surface area contributed by atoms with Crippen molar-refractivity contribution < 1.29 is 27.2 Å². The van der Waals surface area contributed by atoms with Crippen LogP contribution in [0.1, 0.15) is 18.4 Å². The molecule has 4 rings (SSSR count). The minimum Gasteiger partial charge on any atom is -0.465 e. The Morgan fingerprint density at radius 3 is 2.47 bits per heavy atom. The normalized spacial score (nSPS) is 15.2. The van der Waals surface area contributed by atoms with Gasteiger partial charge in [0.2, 0.25) is 10.0 Å². The number of hydrogen-bond donors (Lipinski definition) is 1. The molecule has 0 fully saturated rings. The Balaban J connectivity index is 1.60. The van der Waals surface area contributed by atoms with Gasteiger partial charge in [0.05, 0.1) is 35.4 Å². The standard InChI is InChI=1S/C25H20Br2N2O6S/c1-15-23(25(31)34-2)22(24(30)29(15)18-5-3-4-17(27)12-18)13-19-8-9-20(35-19)14-28-36(32,33)21-10-6-16(26)7-11-21/h3-13,28H,14H2,1-2H3/b22-13+. The lowest BCUT2D eigenvalue weighted by atomic mass is 10.1. The summed E-state index contributed by atoms with van der Waals surface area (Å²) in [5, 5.41) is 0. The average Bonchev–Trinajstić information content (AvgIpc) is 3.39. The molecule has 8 nitrogen and oxygen atoms in total. The second kappa shape index (κ2) is 10.6. The summed E-state index contributed by atoms with van der Waals surface area (Å²) in [5.41, 5.74) is 1.23. The molecular formula is C25H20Br2N2O6S. The summed E-state index contributed by atoms with van der Waals surface area (Å²) in [7, 11) is -2.50. The molecule has 0 bridgehead atoms. The SMILES string of the molecule is COC(=O)C1=C(C)N(c2cccc(Br)c2)C(=O)/C1=C/c1ccc(CNS(=O)(=O)c2ccc(Br)cc2)o1. The molecule has 1 aromatic heterocycles. The molecule has 1 aliphatic rings. The summed E-state index contributed by atoms with van der Waals surface area (Å²) in [6.07, 6.45) is 1.45. The Hall–Kier alpha value is -2.99. The zero-order valence-electron chi connectivity index (χ0n) is 19.1. The molecule has 0 saturated carbocycles. The predicted octanol–water partition coefficient (Wildman–Crippen LogP) is 5.16. The smallest absolute Gasteiger partial charge is 0.340 e. The molecule has 0 spiro atoms. The van der Waals surface area contributed by atoms with E-state index in [1.807, 2.05) is 6.07 Å². The molecule has 0 atom stereocenters. The number of nitrogens with zero attached hydrogens (tertiary/aromatic N) is 1. The summed E-state index contributed by atoms with van der Waals surface area (Å²) in [5.74, 6) is -0.461. The number of sulfonamides is 1. The maximum atomic E-state index is 13.4. The van der Waals surface area contributed by atoms with Crippen LogP contribution in [0.25, 0.3) is 6.08 Å². The van der Waals surface area contributed by atoms with Gasteiger partial charge in [0.25, 0.3) is 5.91 Å². The fourth-order valence-electron chi connectivity index (χ4n) is 3.68. The number of allylic oxidation sites excluding steroid dienone is 1. The number of amides is 1. The van der Waals surface area contributed by atoms with E-state index in [1.165, 1.54) is 30.2 Å². The zero-order valence-corrected chi connectivity index (χ0v) is 23.1. The van der Waals surface area contributed by atoms with Crippen LogP contribution in [0.3, 0.4) is 0 Å². The fraction of sp³-hybridized carbons (Fsp3) is 0.120. The van der Waals surface area contributed by atoms with Crippen molar-refractivity contribution in [1.82, 2.24) is 4.72 Å². The number of rotatable bonds is 7. The van der Waals surface area contributed by atoms with Gasteiger partial charge in [0.1, 0.15) is 11.5 Å². The third-order valence-corrected chi connectivity index (χ3v) is 7.82. The Morgan fingerprint density at radius 2 is 1.81 bits per heavy atom. The molecule has 0 unspecified atom stereocenters. The van der Waals surface area contributed by atoms with Gasteiger partial charge < -0.3 is 9.15 Å². The minimum atomic E-state index is -3.75. The molecule has 186 valence electrons. The highest BCUT2D eigenvalue weighted by molar-refractivity contribution is 9.10. The highest BCUT2D eigenvalue weighted by Gasteiger charge is 2.38. The highest BCUT2D eigenvalue weighted by Crippen LogP contribution is 2.36. The van der Waals surface area contributed by atoms with Crippen LogP contribution >= 0.6 is 31.9 Å². The number of esters is 1. The summed E-state index contributed by atoms with van der Waals surface area (Å²) >= 11 is 6.67. The Labute approximate surface area is 224 Å². The van der Waals surface area contributed by atoms with Gasteiger partial charge in [-0.25, -0.2) is 17.9 Å². The van der Waals surface area contributed by atoms with E-state index in [4.69, 9.17) is 9.15 Å². The molecule has 2 heterocycles. The van der Waals surface area contributed by atoms with E-state index >= 15 is 0 Å². The number of halogens is 2. The molecule has 0 aliphatic carbocycles. The lowest BCUT2D eigenvalue weighted by Crippen LogP contribution is -2.24. The van der Waals surface area contributed by atoms with Crippen molar-refractivity contribution in [2.45, 2.75) is 18.4 Å². The maximum absolute atomic E-state index is 13.4. The van der Waals surface area contributed by atoms with Crippen LogP contribution in [0, 0.1) is 0 Å². The number of methoxy groups -OCH3 is 1. The third kappa shape index (κ3) is 5.39. The number of carbonyl (C=O) groups excluding carboxylic acids is 2. The third-order valence-electron chi connectivity index (χ3n) is 5.39. The van der Waals surface area contributed by atoms with Gasteiger partial charge in [-0.3, -0.25) is 9.69 Å². The van der Waals surface area contributed by atoms with Crippen LogP contribution in [-0.4, -0.2) is 27.4 Å². The van der Waals surface area contributed by atoms with Crippen molar-refractivity contribution in [2.24, 2.45) is 0 Å². The number of furan rings is 1.